The van der Waals surface area contributed by atoms with E-state index in [-0.39, 0.29) is 10.5 Å². The Balaban J connectivity index is 2.30. The molecule has 0 fully saturated rings. The molecule has 4 nitrogen and oxygen atoms in total. The van der Waals surface area contributed by atoms with Crippen molar-refractivity contribution in [2.24, 2.45) is 5.73 Å². The smallest absolute Gasteiger partial charge is 0.418 e. The fourth-order valence-electron chi connectivity index (χ4n) is 3.22. The van der Waals surface area contributed by atoms with E-state index in [9.17, 15) is 13.2 Å². The average molecular weight is 398 g/mol. The van der Waals surface area contributed by atoms with Crippen molar-refractivity contribution >= 4 is 22.5 Å². The summed E-state index contributed by atoms with van der Waals surface area (Å²) in [5.74, 6) is 0.337. The van der Waals surface area contributed by atoms with E-state index < -0.39 is 11.7 Å². The second-order valence-electron chi connectivity index (χ2n) is 6.16. The number of unbranched alkanes of at least 4 members (excludes halogenated alkanes) is 1. The number of rotatable bonds is 6. The van der Waals surface area contributed by atoms with Crippen LogP contribution in [0, 0.1) is 0 Å². The van der Waals surface area contributed by atoms with Crippen LogP contribution in [0.1, 0.15) is 24.0 Å². The number of pyridine rings is 1. The number of halogens is 4. The topological polar surface area (TPSA) is 63.9 Å². The largest absolute Gasteiger partial charge is 0.481 e. The predicted molar refractivity (Wildman–Crippen MR) is 100 cm³/mol. The van der Waals surface area contributed by atoms with Gasteiger partial charge < -0.3 is 15.5 Å². The van der Waals surface area contributed by atoms with E-state index in [4.69, 9.17) is 22.1 Å². The molecule has 0 saturated carbocycles. The normalized spacial score (nSPS) is 11.9. The lowest BCUT2D eigenvalue weighted by atomic mass is 9.99. The van der Waals surface area contributed by atoms with Crippen LogP contribution in [0.25, 0.3) is 22.2 Å². The summed E-state index contributed by atoms with van der Waals surface area (Å²) in [5.41, 5.74) is 6.69. The number of nitrogens with one attached hydrogen (secondary N) is 1. The van der Waals surface area contributed by atoms with Gasteiger partial charge >= 0.3 is 6.18 Å². The van der Waals surface area contributed by atoms with E-state index in [1.165, 1.54) is 7.11 Å². The maximum absolute atomic E-state index is 13.6. The van der Waals surface area contributed by atoms with Gasteiger partial charge in [0.25, 0.3) is 0 Å². The highest BCUT2D eigenvalue weighted by molar-refractivity contribution is 6.31. The van der Waals surface area contributed by atoms with Crippen molar-refractivity contribution < 1.29 is 17.9 Å². The highest BCUT2D eigenvalue weighted by Gasteiger charge is 2.35. The van der Waals surface area contributed by atoms with Gasteiger partial charge in [-0.25, -0.2) is 4.98 Å². The van der Waals surface area contributed by atoms with Crippen molar-refractivity contribution in [2.45, 2.75) is 25.4 Å². The van der Waals surface area contributed by atoms with E-state index in [1.54, 1.807) is 24.4 Å². The lowest BCUT2D eigenvalue weighted by molar-refractivity contribution is -0.136. The number of fused-ring (bicyclic) bond motifs is 1. The van der Waals surface area contributed by atoms with Crippen molar-refractivity contribution in [1.82, 2.24) is 9.97 Å². The van der Waals surface area contributed by atoms with Crippen LogP contribution in [-0.2, 0) is 12.6 Å². The van der Waals surface area contributed by atoms with Crippen LogP contribution in [0.2, 0.25) is 5.02 Å². The molecule has 8 heteroatoms. The lowest BCUT2D eigenvalue weighted by Gasteiger charge is -2.09. The van der Waals surface area contributed by atoms with Crippen LogP contribution in [0.3, 0.4) is 0 Å². The third kappa shape index (κ3) is 3.89. The molecule has 3 N–H and O–H groups in total. The van der Waals surface area contributed by atoms with Gasteiger partial charge in [-0.2, -0.15) is 13.2 Å². The highest BCUT2D eigenvalue weighted by atomic mass is 35.5. The molecule has 1 aromatic carbocycles. The number of aromatic nitrogens is 2. The number of methoxy groups -OCH3 is 1. The third-order valence-electron chi connectivity index (χ3n) is 4.40. The first kappa shape index (κ1) is 19.5. The standard InChI is InChI=1S/C19H19ClF3N3O/c1-27-18-13(6-4-8-25-18)16-12(5-2-3-7-24)14-9-11(20)10-15(17(14)26-16)19(21,22)23/h4,6,8-10,26H,2-3,5,7,24H2,1H3. The Bertz CT molecular complexity index is 953. The van der Waals surface area contributed by atoms with Crippen LogP contribution in [0.15, 0.2) is 30.5 Å². The number of alkyl halides is 3. The maximum atomic E-state index is 13.6. The van der Waals surface area contributed by atoms with E-state index in [0.29, 0.717) is 35.5 Å². The number of hydrogen-bond acceptors (Lipinski definition) is 3. The molecule has 0 atom stereocenters. The van der Waals surface area contributed by atoms with E-state index in [0.717, 1.165) is 24.5 Å². The third-order valence-corrected chi connectivity index (χ3v) is 4.62. The second-order valence-corrected chi connectivity index (χ2v) is 6.59. The molecular formula is C19H19ClF3N3O. The zero-order chi connectivity index (χ0) is 19.6. The number of aryl methyl sites for hydroxylation is 1. The first-order chi connectivity index (χ1) is 12.9. The van der Waals surface area contributed by atoms with Crippen molar-refractivity contribution in [3.8, 4) is 17.1 Å². The minimum absolute atomic E-state index is 0.00977. The molecule has 0 unspecified atom stereocenters. The van der Waals surface area contributed by atoms with Crippen molar-refractivity contribution in [3.05, 3.63) is 46.6 Å². The minimum atomic E-state index is -4.53. The van der Waals surface area contributed by atoms with Gasteiger partial charge in [0, 0.05) is 16.6 Å². The quantitative estimate of drug-likeness (QED) is 0.562. The number of aromatic amines is 1. The Kier molecular flexibility index (Phi) is 5.62. The van der Waals surface area contributed by atoms with Gasteiger partial charge in [0.05, 0.1) is 29.4 Å². The molecule has 0 amide bonds. The molecule has 0 spiro atoms. The van der Waals surface area contributed by atoms with E-state index in [1.807, 2.05) is 0 Å². The van der Waals surface area contributed by atoms with Gasteiger partial charge in [0.1, 0.15) is 0 Å². The number of benzene rings is 1. The van der Waals surface area contributed by atoms with Crippen molar-refractivity contribution in [3.63, 3.8) is 0 Å². The summed E-state index contributed by atoms with van der Waals surface area (Å²) in [7, 11) is 1.47. The summed E-state index contributed by atoms with van der Waals surface area (Å²) >= 11 is 6.01. The molecule has 0 radical (unpaired) electrons. The van der Waals surface area contributed by atoms with Gasteiger partial charge in [-0.3, -0.25) is 0 Å². The molecular weight excluding hydrogens is 379 g/mol. The summed E-state index contributed by atoms with van der Waals surface area (Å²) in [5, 5.41) is 0.492. The van der Waals surface area contributed by atoms with Gasteiger partial charge in [-0.15, -0.1) is 0 Å². The monoisotopic (exact) mass is 397 g/mol. The number of nitrogens with zero attached hydrogens (tertiary/aromatic N) is 1. The molecule has 0 aliphatic heterocycles. The molecule has 3 aromatic rings. The zero-order valence-corrected chi connectivity index (χ0v) is 15.4. The maximum Gasteiger partial charge on any atom is 0.418 e. The summed E-state index contributed by atoms with van der Waals surface area (Å²) < 4.78 is 46.0. The van der Waals surface area contributed by atoms with Crippen LogP contribution >= 0.6 is 11.6 Å². The molecule has 2 heterocycles. The molecule has 0 aliphatic carbocycles. The predicted octanol–water partition coefficient (Wildman–Crippen LogP) is 5.19. The first-order valence-electron chi connectivity index (χ1n) is 8.47. The summed E-state index contributed by atoms with van der Waals surface area (Å²) in [6.07, 6.45) is -0.895. The number of ether oxygens (including phenoxy) is 1. The first-order valence-corrected chi connectivity index (χ1v) is 8.85. The summed E-state index contributed by atoms with van der Waals surface area (Å²) in [6, 6.07) is 5.98. The second kappa shape index (κ2) is 7.78. The molecule has 144 valence electrons. The Morgan fingerprint density at radius 1 is 1.26 bits per heavy atom. The van der Waals surface area contributed by atoms with Gasteiger partial charge in [-0.1, -0.05) is 11.6 Å². The van der Waals surface area contributed by atoms with E-state index >= 15 is 0 Å². The molecule has 3 rings (SSSR count). The minimum Gasteiger partial charge on any atom is -0.481 e. The van der Waals surface area contributed by atoms with Crippen molar-refractivity contribution in [1.29, 1.82) is 0 Å². The van der Waals surface area contributed by atoms with Gasteiger partial charge in [0.2, 0.25) is 5.88 Å². The molecule has 2 aromatic heterocycles. The summed E-state index contributed by atoms with van der Waals surface area (Å²) in [6.45, 7) is 0.516. The molecule has 0 bridgehead atoms. The Labute approximate surface area is 159 Å². The Morgan fingerprint density at radius 2 is 2.04 bits per heavy atom. The average Bonchev–Trinajstić information content (AvgIpc) is 2.98. The fraction of sp³-hybridized carbons (Fsp3) is 0.316. The lowest BCUT2D eigenvalue weighted by Crippen LogP contribution is -2.05. The zero-order valence-electron chi connectivity index (χ0n) is 14.7. The highest BCUT2D eigenvalue weighted by Crippen LogP contribution is 2.42. The van der Waals surface area contributed by atoms with Crippen LogP contribution < -0.4 is 10.5 Å². The number of nitrogens with two attached hydrogens (primary N) is 1. The molecule has 0 saturated heterocycles. The Hall–Kier alpha value is -2.25. The Morgan fingerprint density at radius 3 is 2.70 bits per heavy atom. The van der Waals surface area contributed by atoms with Crippen LogP contribution in [0.4, 0.5) is 13.2 Å². The van der Waals surface area contributed by atoms with Gasteiger partial charge in [-0.05, 0) is 55.6 Å². The van der Waals surface area contributed by atoms with E-state index in [2.05, 4.69) is 9.97 Å². The van der Waals surface area contributed by atoms with Gasteiger partial charge in [0.15, 0.2) is 0 Å². The SMILES string of the molecule is COc1ncccc1-c1[nH]c2c(C(F)(F)F)cc(Cl)cc2c1CCCCN. The molecule has 0 aliphatic rings. The summed E-state index contributed by atoms with van der Waals surface area (Å²) in [4.78, 5) is 7.11. The van der Waals surface area contributed by atoms with Crippen LogP contribution in [-0.4, -0.2) is 23.6 Å². The fourth-order valence-corrected chi connectivity index (χ4v) is 3.44. The number of hydrogen-bond donors (Lipinski definition) is 2. The number of H-pyrrole nitrogens is 1. The van der Waals surface area contributed by atoms with Crippen LogP contribution in [0.5, 0.6) is 5.88 Å². The van der Waals surface area contributed by atoms with Crippen molar-refractivity contribution in [2.75, 3.05) is 13.7 Å². The molecule has 27 heavy (non-hydrogen) atoms.